The Bertz CT molecular complexity index is 431. The van der Waals surface area contributed by atoms with Gasteiger partial charge in [-0.2, -0.15) is 0 Å². The summed E-state index contributed by atoms with van der Waals surface area (Å²) in [4.78, 5) is 12.1. The first kappa shape index (κ1) is 13.1. The van der Waals surface area contributed by atoms with Crippen LogP contribution in [0.15, 0.2) is 18.2 Å². The number of nitrogens with one attached hydrogen (secondary N) is 1. The highest BCUT2D eigenvalue weighted by Gasteiger charge is 2.25. The minimum Gasteiger partial charge on any atom is -0.349 e. The second-order valence-electron chi connectivity index (χ2n) is 4.58. The summed E-state index contributed by atoms with van der Waals surface area (Å²) in [6.07, 6.45) is 3.75. The number of rotatable bonds is 3. The summed E-state index contributed by atoms with van der Waals surface area (Å²) in [7, 11) is 0. The Balaban J connectivity index is 2.05. The van der Waals surface area contributed by atoms with Crippen LogP contribution in [0.5, 0.6) is 0 Å². The zero-order valence-electron chi connectivity index (χ0n) is 9.67. The zero-order valence-corrected chi connectivity index (χ0v) is 12.6. The van der Waals surface area contributed by atoms with E-state index in [9.17, 15) is 4.79 Å². The fourth-order valence-electron chi connectivity index (χ4n) is 2.01. The van der Waals surface area contributed by atoms with Crippen molar-refractivity contribution in [1.82, 2.24) is 5.32 Å². The summed E-state index contributed by atoms with van der Waals surface area (Å²) in [5.74, 6) is 0.632. The molecule has 0 radical (unpaired) electrons. The van der Waals surface area contributed by atoms with E-state index in [1.807, 2.05) is 6.07 Å². The molecule has 17 heavy (non-hydrogen) atoms. The summed E-state index contributed by atoms with van der Waals surface area (Å²) in [5.41, 5.74) is 0.671. The van der Waals surface area contributed by atoms with Crippen molar-refractivity contribution in [2.75, 3.05) is 0 Å². The topological polar surface area (TPSA) is 29.1 Å². The normalized spacial score (nSPS) is 17.4. The largest absolute Gasteiger partial charge is 0.349 e. The molecule has 4 heteroatoms. The monoisotopic (exact) mass is 363 g/mol. The van der Waals surface area contributed by atoms with Crippen LogP contribution in [0.2, 0.25) is 5.02 Å². The Labute approximate surface area is 120 Å². The lowest BCUT2D eigenvalue weighted by Gasteiger charge is -2.31. The molecule has 0 spiro atoms. The van der Waals surface area contributed by atoms with E-state index in [2.05, 4.69) is 34.8 Å². The molecule has 1 atom stereocenters. The summed E-state index contributed by atoms with van der Waals surface area (Å²) < 4.78 is 0.935. The van der Waals surface area contributed by atoms with Crippen LogP contribution >= 0.6 is 34.2 Å². The summed E-state index contributed by atoms with van der Waals surface area (Å²) in [6, 6.07) is 5.65. The Morgan fingerprint density at radius 3 is 2.82 bits per heavy atom. The minimum atomic E-state index is -0.0173. The number of carbonyl (C=O) groups excluding carboxylic acids is 1. The van der Waals surface area contributed by atoms with Crippen molar-refractivity contribution in [3.63, 3.8) is 0 Å². The molecular formula is C13H15ClINO. The van der Waals surface area contributed by atoms with Crippen molar-refractivity contribution < 1.29 is 4.79 Å². The SMILES string of the molecule is CC(NC(=O)c1cc(Cl)ccc1I)C1CCC1. The number of hydrogen-bond acceptors (Lipinski definition) is 1. The molecule has 0 saturated heterocycles. The van der Waals surface area contributed by atoms with E-state index in [4.69, 9.17) is 11.6 Å². The maximum atomic E-state index is 12.1. The van der Waals surface area contributed by atoms with Gasteiger partial charge >= 0.3 is 0 Å². The third kappa shape index (κ3) is 3.13. The van der Waals surface area contributed by atoms with E-state index in [0.717, 1.165) is 3.57 Å². The second kappa shape index (κ2) is 5.57. The Kier molecular flexibility index (Phi) is 4.31. The van der Waals surface area contributed by atoms with Gasteiger partial charge < -0.3 is 5.32 Å². The van der Waals surface area contributed by atoms with Gasteiger partial charge in [0.15, 0.2) is 0 Å². The van der Waals surface area contributed by atoms with Gasteiger partial charge in [-0.05, 0) is 66.5 Å². The molecule has 0 bridgehead atoms. The molecule has 1 saturated carbocycles. The summed E-state index contributed by atoms with van der Waals surface area (Å²) in [6.45, 7) is 2.08. The van der Waals surface area contributed by atoms with Gasteiger partial charge in [-0.1, -0.05) is 18.0 Å². The van der Waals surface area contributed by atoms with Crippen LogP contribution < -0.4 is 5.32 Å². The number of carbonyl (C=O) groups is 1. The van der Waals surface area contributed by atoms with E-state index < -0.39 is 0 Å². The Morgan fingerprint density at radius 1 is 1.53 bits per heavy atom. The minimum absolute atomic E-state index is 0.0173. The molecule has 1 N–H and O–H groups in total. The Morgan fingerprint density at radius 2 is 2.24 bits per heavy atom. The average molecular weight is 364 g/mol. The van der Waals surface area contributed by atoms with Crippen LogP contribution in [0.1, 0.15) is 36.5 Å². The molecule has 0 aliphatic heterocycles. The zero-order chi connectivity index (χ0) is 12.4. The third-order valence-corrected chi connectivity index (χ3v) is 4.56. The number of halogens is 2. The highest BCUT2D eigenvalue weighted by atomic mass is 127. The molecular weight excluding hydrogens is 349 g/mol. The maximum absolute atomic E-state index is 12.1. The van der Waals surface area contributed by atoms with Gasteiger partial charge in [-0.15, -0.1) is 0 Å². The van der Waals surface area contributed by atoms with Crippen LogP contribution in [0.3, 0.4) is 0 Å². The first-order valence-corrected chi connectivity index (χ1v) is 7.29. The van der Waals surface area contributed by atoms with Crippen LogP contribution in [0, 0.1) is 9.49 Å². The van der Waals surface area contributed by atoms with Gasteiger partial charge in [0.25, 0.3) is 5.91 Å². The first-order chi connectivity index (χ1) is 8.08. The smallest absolute Gasteiger partial charge is 0.252 e. The average Bonchev–Trinajstić information content (AvgIpc) is 2.18. The highest BCUT2D eigenvalue weighted by Crippen LogP contribution is 2.29. The fourth-order valence-corrected chi connectivity index (χ4v) is 2.77. The molecule has 0 heterocycles. The van der Waals surface area contributed by atoms with Crippen molar-refractivity contribution in [2.24, 2.45) is 5.92 Å². The van der Waals surface area contributed by atoms with Crippen molar-refractivity contribution >= 4 is 40.1 Å². The van der Waals surface area contributed by atoms with Crippen molar-refractivity contribution in [2.45, 2.75) is 32.2 Å². The number of amides is 1. The van der Waals surface area contributed by atoms with Crippen molar-refractivity contribution in [3.05, 3.63) is 32.4 Å². The quantitative estimate of drug-likeness (QED) is 0.812. The first-order valence-electron chi connectivity index (χ1n) is 5.84. The van der Waals surface area contributed by atoms with E-state index >= 15 is 0 Å². The fraction of sp³-hybridized carbons (Fsp3) is 0.462. The van der Waals surface area contributed by atoms with Crippen LogP contribution in [0.4, 0.5) is 0 Å². The van der Waals surface area contributed by atoms with E-state index in [0.29, 0.717) is 16.5 Å². The molecule has 1 aliphatic rings. The van der Waals surface area contributed by atoms with Gasteiger partial charge in [-0.25, -0.2) is 0 Å². The highest BCUT2D eigenvalue weighted by molar-refractivity contribution is 14.1. The Hall–Kier alpha value is -0.290. The van der Waals surface area contributed by atoms with Gasteiger partial charge in [-0.3, -0.25) is 4.79 Å². The standard InChI is InChI=1S/C13H15ClINO/c1-8(9-3-2-4-9)16-13(17)11-7-10(14)5-6-12(11)15/h5-9H,2-4H2,1H3,(H,16,17). The predicted molar refractivity (Wildman–Crippen MR) is 78.4 cm³/mol. The molecule has 0 aromatic heterocycles. The lowest BCUT2D eigenvalue weighted by molar-refractivity contribution is 0.0908. The summed E-state index contributed by atoms with van der Waals surface area (Å²) in [5, 5.41) is 3.67. The molecule has 2 rings (SSSR count). The van der Waals surface area contributed by atoms with Gasteiger partial charge in [0.2, 0.25) is 0 Å². The molecule has 1 amide bonds. The number of hydrogen-bond donors (Lipinski definition) is 1. The van der Waals surface area contributed by atoms with E-state index in [-0.39, 0.29) is 11.9 Å². The lowest BCUT2D eigenvalue weighted by atomic mass is 9.80. The lowest BCUT2D eigenvalue weighted by Crippen LogP contribution is -2.40. The van der Waals surface area contributed by atoms with E-state index in [1.54, 1.807) is 12.1 Å². The van der Waals surface area contributed by atoms with Gasteiger partial charge in [0.1, 0.15) is 0 Å². The van der Waals surface area contributed by atoms with Gasteiger partial charge in [0.05, 0.1) is 5.56 Å². The van der Waals surface area contributed by atoms with Crippen LogP contribution in [0.25, 0.3) is 0 Å². The van der Waals surface area contributed by atoms with Gasteiger partial charge in [0, 0.05) is 14.6 Å². The molecule has 1 aliphatic carbocycles. The molecule has 1 aromatic carbocycles. The molecule has 1 unspecified atom stereocenters. The van der Waals surface area contributed by atoms with Crippen LogP contribution in [-0.2, 0) is 0 Å². The van der Waals surface area contributed by atoms with Crippen molar-refractivity contribution in [3.8, 4) is 0 Å². The molecule has 1 aromatic rings. The number of benzene rings is 1. The van der Waals surface area contributed by atoms with E-state index in [1.165, 1.54) is 19.3 Å². The third-order valence-electron chi connectivity index (χ3n) is 3.39. The molecule has 92 valence electrons. The van der Waals surface area contributed by atoms with Crippen LogP contribution in [-0.4, -0.2) is 11.9 Å². The maximum Gasteiger partial charge on any atom is 0.252 e. The molecule has 1 fully saturated rings. The second-order valence-corrected chi connectivity index (χ2v) is 6.18. The predicted octanol–water partition coefficient (Wildman–Crippen LogP) is 3.86. The molecule has 2 nitrogen and oxygen atoms in total. The summed E-state index contributed by atoms with van der Waals surface area (Å²) >= 11 is 8.08. The van der Waals surface area contributed by atoms with Crippen molar-refractivity contribution in [1.29, 1.82) is 0 Å².